The standard InChI is InChI=1S/C15H13Cl2NO2/c1-2-20-15(19)11-5-3-4-6-14(11)18-10-7-8-12(16)13(17)9-10/h3-9,18H,2H2,1H3. The predicted molar refractivity (Wildman–Crippen MR) is 82.1 cm³/mol. The number of ether oxygens (including phenoxy) is 1. The third kappa shape index (κ3) is 3.44. The molecule has 0 radical (unpaired) electrons. The lowest BCUT2D eigenvalue weighted by atomic mass is 10.1. The Hall–Kier alpha value is -1.71. The lowest BCUT2D eigenvalue weighted by Crippen LogP contribution is -2.07. The molecule has 0 aliphatic carbocycles. The van der Waals surface area contributed by atoms with Crippen molar-refractivity contribution in [3.63, 3.8) is 0 Å². The SMILES string of the molecule is CCOC(=O)c1ccccc1Nc1ccc(Cl)c(Cl)c1. The van der Waals surface area contributed by atoms with Gasteiger partial charge in [0, 0.05) is 5.69 Å². The molecule has 2 aromatic carbocycles. The molecule has 5 heteroatoms. The number of hydrogen-bond donors (Lipinski definition) is 1. The maximum atomic E-state index is 11.9. The zero-order valence-electron chi connectivity index (χ0n) is 10.8. The molecule has 0 bridgehead atoms. The zero-order valence-corrected chi connectivity index (χ0v) is 12.3. The Kier molecular flexibility index (Phi) is 4.88. The van der Waals surface area contributed by atoms with Crippen molar-refractivity contribution < 1.29 is 9.53 Å². The fourth-order valence-electron chi connectivity index (χ4n) is 1.71. The van der Waals surface area contributed by atoms with Crippen molar-refractivity contribution in [2.24, 2.45) is 0 Å². The van der Waals surface area contributed by atoms with Crippen molar-refractivity contribution in [2.45, 2.75) is 6.92 Å². The van der Waals surface area contributed by atoms with Crippen LogP contribution in [0.4, 0.5) is 11.4 Å². The molecule has 1 N–H and O–H groups in total. The number of esters is 1. The van der Waals surface area contributed by atoms with E-state index in [0.717, 1.165) is 5.69 Å². The van der Waals surface area contributed by atoms with E-state index in [1.54, 1.807) is 43.3 Å². The highest BCUT2D eigenvalue weighted by Gasteiger charge is 2.12. The van der Waals surface area contributed by atoms with E-state index in [1.807, 2.05) is 6.07 Å². The van der Waals surface area contributed by atoms with Gasteiger partial charge in [0.05, 0.1) is 27.9 Å². The van der Waals surface area contributed by atoms with E-state index in [0.29, 0.717) is 27.9 Å². The molecule has 2 rings (SSSR count). The predicted octanol–water partition coefficient (Wildman–Crippen LogP) is 4.91. The van der Waals surface area contributed by atoms with Gasteiger partial charge in [0.15, 0.2) is 0 Å². The Balaban J connectivity index is 2.29. The average Bonchev–Trinajstić information content (AvgIpc) is 2.44. The molecule has 0 aromatic heterocycles. The monoisotopic (exact) mass is 309 g/mol. The second-order valence-electron chi connectivity index (χ2n) is 4.02. The van der Waals surface area contributed by atoms with Crippen LogP contribution in [-0.4, -0.2) is 12.6 Å². The molecule has 0 spiro atoms. The maximum absolute atomic E-state index is 11.9. The first-order valence-electron chi connectivity index (χ1n) is 6.10. The third-order valence-corrected chi connectivity index (χ3v) is 3.36. The van der Waals surface area contributed by atoms with Crippen molar-refractivity contribution in [1.29, 1.82) is 0 Å². The second kappa shape index (κ2) is 6.64. The number of halogens is 2. The van der Waals surface area contributed by atoms with Gasteiger partial charge in [-0.15, -0.1) is 0 Å². The van der Waals surface area contributed by atoms with Crippen LogP contribution in [0.2, 0.25) is 10.0 Å². The average molecular weight is 310 g/mol. The van der Waals surface area contributed by atoms with Crippen LogP contribution >= 0.6 is 23.2 Å². The van der Waals surface area contributed by atoms with Crippen LogP contribution in [0.3, 0.4) is 0 Å². The summed E-state index contributed by atoms with van der Waals surface area (Å²) in [7, 11) is 0. The van der Waals surface area contributed by atoms with Gasteiger partial charge < -0.3 is 10.1 Å². The van der Waals surface area contributed by atoms with Crippen molar-refractivity contribution >= 4 is 40.5 Å². The van der Waals surface area contributed by atoms with Gasteiger partial charge in [-0.3, -0.25) is 0 Å². The summed E-state index contributed by atoms with van der Waals surface area (Å²) in [6, 6.07) is 12.3. The van der Waals surface area contributed by atoms with Gasteiger partial charge in [0.2, 0.25) is 0 Å². The molecule has 3 nitrogen and oxygen atoms in total. The summed E-state index contributed by atoms with van der Waals surface area (Å²) < 4.78 is 5.02. The summed E-state index contributed by atoms with van der Waals surface area (Å²) in [6.07, 6.45) is 0. The van der Waals surface area contributed by atoms with E-state index in [-0.39, 0.29) is 5.97 Å². The summed E-state index contributed by atoms with van der Waals surface area (Å²) in [5.41, 5.74) is 1.88. The topological polar surface area (TPSA) is 38.3 Å². The Morgan fingerprint density at radius 2 is 1.90 bits per heavy atom. The maximum Gasteiger partial charge on any atom is 0.340 e. The zero-order chi connectivity index (χ0) is 14.5. The van der Waals surface area contributed by atoms with E-state index in [2.05, 4.69) is 5.32 Å². The minimum atomic E-state index is -0.365. The Bertz CT molecular complexity index is 629. The van der Waals surface area contributed by atoms with Crippen LogP contribution in [0.5, 0.6) is 0 Å². The van der Waals surface area contributed by atoms with Crippen molar-refractivity contribution in [3.05, 3.63) is 58.1 Å². The van der Waals surface area contributed by atoms with Gasteiger partial charge in [-0.1, -0.05) is 35.3 Å². The first kappa shape index (κ1) is 14.7. The van der Waals surface area contributed by atoms with Crippen LogP contribution < -0.4 is 5.32 Å². The minimum absolute atomic E-state index is 0.333. The lowest BCUT2D eigenvalue weighted by molar-refractivity contribution is 0.0527. The number of benzene rings is 2. The quantitative estimate of drug-likeness (QED) is 0.815. The summed E-state index contributed by atoms with van der Waals surface area (Å²) in [6.45, 7) is 2.10. The number of carbonyl (C=O) groups is 1. The van der Waals surface area contributed by atoms with E-state index >= 15 is 0 Å². The number of rotatable bonds is 4. The van der Waals surface area contributed by atoms with Crippen molar-refractivity contribution in [3.8, 4) is 0 Å². The highest BCUT2D eigenvalue weighted by molar-refractivity contribution is 6.42. The van der Waals surface area contributed by atoms with E-state index in [1.165, 1.54) is 0 Å². The van der Waals surface area contributed by atoms with Crippen molar-refractivity contribution in [2.75, 3.05) is 11.9 Å². The van der Waals surface area contributed by atoms with E-state index in [9.17, 15) is 4.79 Å². The number of nitrogens with one attached hydrogen (secondary N) is 1. The van der Waals surface area contributed by atoms with Crippen LogP contribution in [0.25, 0.3) is 0 Å². The number of anilines is 2. The molecular formula is C15H13Cl2NO2. The molecule has 0 heterocycles. The number of carbonyl (C=O) groups excluding carboxylic acids is 1. The van der Waals surface area contributed by atoms with Gasteiger partial charge in [0.25, 0.3) is 0 Å². The Morgan fingerprint density at radius 1 is 1.15 bits per heavy atom. The molecular weight excluding hydrogens is 297 g/mol. The molecule has 0 aliphatic heterocycles. The first-order valence-corrected chi connectivity index (χ1v) is 6.85. The van der Waals surface area contributed by atoms with E-state index in [4.69, 9.17) is 27.9 Å². The largest absolute Gasteiger partial charge is 0.462 e. The Labute approximate surface area is 127 Å². The molecule has 20 heavy (non-hydrogen) atoms. The molecule has 0 saturated carbocycles. The number of para-hydroxylation sites is 1. The van der Waals surface area contributed by atoms with Crippen LogP contribution in [-0.2, 0) is 4.74 Å². The van der Waals surface area contributed by atoms with Gasteiger partial charge in [-0.2, -0.15) is 0 Å². The highest BCUT2D eigenvalue weighted by Crippen LogP contribution is 2.28. The molecule has 0 atom stereocenters. The van der Waals surface area contributed by atoms with E-state index < -0.39 is 0 Å². The normalized spacial score (nSPS) is 10.2. The summed E-state index contributed by atoms with van der Waals surface area (Å²) in [5, 5.41) is 4.07. The first-order chi connectivity index (χ1) is 9.61. The Morgan fingerprint density at radius 3 is 2.60 bits per heavy atom. The minimum Gasteiger partial charge on any atom is -0.462 e. The van der Waals surface area contributed by atoms with Crippen LogP contribution in [0.15, 0.2) is 42.5 Å². The van der Waals surface area contributed by atoms with Gasteiger partial charge in [-0.05, 0) is 37.3 Å². The molecule has 0 amide bonds. The van der Waals surface area contributed by atoms with Gasteiger partial charge >= 0.3 is 5.97 Å². The summed E-state index contributed by atoms with van der Waals surface area (Å²) in [4.78, 5) is 11.9. The van der Waals surface area contributed by atoms with Crippen LogP contribution in [0.1, 0.15) is 17.3 Å². The summed E-state index contributed by atoms with van der Waals surface area (Å²) >= 11 is 11.8. The molecule has 104 valence electrons. The molecule has 0 fully saturated rings. The van der Waals surface area contributed by atoms with Crippen molar-refractivity contribution in [1.82, 2.24) is 0 Å². The molecule has 0 unspecified atom stereocenters. The fraction of sp³-hybridized carbons (Fsp3) is 0.133. The molecule has 2 aromatic rings. The van der Waals surface area contributed by atoms with Crippen LogP contribution in [0, 0.1) is 0 Å². The lowest BCUT2D eigenvalue weighted by Gasteiger charge is -2.11. The third-order valence-electron chi connectivity index (χ3n) is 2.62. The fourth-order valence-corrected chi connectivity index (χ4v) is 2.01. The van der Waals surface area contributed by atoms with Gasteiger partial charge in [-0.25, -0.2) is 4.79 Å². The van der Waals surface area contributed by atoms with Gasteiger partial charge in [0.1, 0.15) is 0 Å². The molecule has 0 saturated heterocycles. The summed E-state index contributed by atoms with van der Waals surface area (Å²) in [5.74, 6) is -0.365. The second-order valence-corrected chi connectivity index (χ2v) is 4.83. The number of hydrogen-bond acceptors (Lipinski definition) is 3. The highest BCUT2D eigenvalue weighted by atomic mass is 35.5. The molecule has 0 aliphatic rings. The smallest absolute Gasteiger partial charge is 0.340 e.